The zero-order valence-electron chi connectivity index (χ0n) is 14.7. The van der Waals surface area contributed by atoms with Crippen LogP contribution in [0, 0.1) is 5.92 Å². The first kappa shape index (κ1) is 17.9. The number of piperidine rings is 1. The summed E-state index contributed by atoms with van der Waals surface area (Å²) in [5, 5.41) is 9.28. The maximum atomic E-state index is 12.3. The molecule has 2 amide bonds. The van der Waals surface area contributed by atoms with Gasteiger partial charge >= 0.3 is 0 Å². The van der Waals surface area contributed by atoms with Crippen LogP contribution < -0.4 is 16.0 Å². The SMILES string of the molecule is C[C@H]1C[C@@H](C(=O)NCc2cccc(NC(=O)C3CCCO3)c2)CCN1. The lowest BCUT2D eigenvalue weighted by atomic mass is 9.92. The summed E-state index contributed by atoms with van der Waals surface area (Å²) in [5.41, 5.74) is 1.71. The fourth-order valence-electron chi connectivity index (χ4n) is 3.47. The number of amides is 2. The van der Waals surface area contributed by atoms with Crippen molar-refractivity contribution in [1.29, 1.82) is 0 Å². The third kappa shape index (κ3) is 5.03. The number of carbonyl (C=O) groups is 2. The molecule has 6 nitrogen and oxygen atoms in total. The summed E-state index contributed by atoms with van der Waals surface area (Å²) in [5.74, 6) is 0.100. The van der Waals surface area contributed by atoms with E-state index in [0.717, 1.165) is 43.5 Å². The van der Waals surface area contributed by atoms with Gasteiger partial charge in [-0.15, -0.1) is 0 Å². The van der Waals surface area contributed by atoms with E-state index in [2.05, 4.69) is 22.9 Å². The standard InChI is InChI=1S/C19H27N3O3/c1-13-10-15(7-8-20-13)18(23)21-12-14-4-2-5-16(11-14)22-19(24)17-6-3-9-25-17/h2,4-5,11,13,15,17,20H,3,6-10,12H2,1H3,(H,21,23)(H,22,24)/t13-,15-,17?/m0/s1. The van der Waals surface area contributed by atoms with E-state index in [1.165, 1.54) is 0 Å². The number of ether oxygens (including phenoxy) is 1. The van der Waals surface area contributed by atoms with Gasteiger partial charge in [-0.2, -0.15) is 0 Å². The van der Waals surface area contributed by atoms with Crippen molar-refractivity contribution >= 4 is 17.5 Å². The molecule has 2 aliphatic heterocycles. The molecule has 25 heavy (non-hydrogen) atoms. The van der Waals surface area contributed by atoms with Crippen LogP contribution in [0.5, 0.6) is 0 Å². The Morgan fingerprint density at radius 3 is 2.92 bits per heavy atom. The molecule has 2 aliphatic rings. The first-order chi connectivity index (χ1) is 12.1. The van der Waals surface area contributed by atoms with Crippen molar-refractivity contribution in [1.82, 2.24) is 10.6 Å². The minimum atomic E-state index is -0.342. The number of hydrogen-bond donors (Lipinski definition) is 3. The summed E-state index contributed by atoms with van der Waals surface area (Å²) in [6.45, 7) is 4.13. The molecule has 1 aromatic carbocycles. The van der Waals surface area contributed by atoms with Crippen molar-refractivity contribution in [2.45, 2.75) is 51.3 Å². The highest BCUT2D eigenvalue weighted by atomic mass is 16.5. The number of anilines is 1. The van der Waals surface area contributed by atoms with Crippen LogP contribution in [0.3, 0.4) is 0 Å². The molecule has 0 aliphatic carbocycles. The van der Waals surface area contributed by atoms with Crippen LogP contribution in [0.4, 0.5) is 5.69 Å². The maximum Gasteiger partial charge on any atom is 0.253 e. The van der Waals surface area contributed by atoms with Gasteiger partial charge in [0, 0.05) is 30.8 Å². The van der Waals surface area contributed by atoms with Gasteiger partial charge in [0.05, 0.1) is 0 Å². The molecule has 2 heterocycles. The Morgan fingerprint density at radius 2 is 2.16 bits per heavy atom. The summed E-state index contributed by atoms with van der Waals surface area (Å²) in [6.07, 6.45) is 3.12. The summed E-state index contributed by atoms with van der Waals surface area (Å²) >= 11 is 0. The second-order valence-corrected chi connectivity index (χ2v) is 6.99. The number of rotatable bonds is 5. The largest absolute Gasteiger partial charge is 0.368 e. The Morgan fingerprint density at radius 1 is 1.28 bits per heavy atom. The first-order valence-corrected chi connectivity index (χ1v) is 9.14. The van der Waals surface area contributed by atoms with Crippen LogP contribution in [-0.4, -0.2) is 37.1 Å². The monoisotopic (exact) mass is 345 g/mol. The molecule has 2 fully saturated rings. The number of nitrogens with one attached hydrogen (secondary N) is 3. The zero-order valence-corrected chi connectivity index (χ0v) is 14.7. The number of carbonyl (C=O) groups excluding carboxylic acids is 2. The third-order valence-electron chi connectivity index (χ3n) is 4.88. The Balaban J connectivity index is 1.51. The van der Waals surface area contributed by atoms with Gasteiger partial charge in [0.15, 0.2) is 0 Å². The van der Waals surface area contributed by atoms with Crippen molar-refractivity contribution in [3.63, 3.8) is 0 Å². The molecule has 1 unspecified atom stereocenters. The topological polar surface area (TPSA) is 79.5 Å². The molecule has 3 atom stereocenters. The Hall–Kier alpha value is -1.92. The van der Waals surface area contributed by atoms with E-state index in [-0.39, 0.29) is 23.8 Å². The first-order valence-electron chi connectivity index (χ1n) is 9.14. The Kier molecular flexibility index (Phi) is 6.04. The average Bonchev–Trinajstić information content (AvgIpc) is 3.15. The second kappa shape index (κ2) is 8.45. The maximum absolute atomic E-state index is 12.3. The van der Waals surface area contributed by atoms with Gasteiger partial charge in [0.25, 0.3) is 5.91 Å². The summed E-state index contributed by atoms with van der Waals surface area (Å²) in [6, 6.07) is 7.98. The van der Waals surface area contributed by atoms with Gasteiger partial charge in [0.2, 0.25) is 5.91 Å². The number of benzene rings is 1. The molecule has 0 bridgehead atoms. The highest BCUT2D eigenvalue weighted by molar-refractivity contribution is 5.94. The van der Waals surface area contributed by atoms with Crippen molar-refractivity contribution in [2.75, 3.05) is 18.5 Å². The lowest BCUT2D eigenvalue weighted by Crippen LogP contribution is -2.42. The van der Waals surface area contributed by atoms with E-state index in [0.29, 0.717) is 19.2 Å². The zero-order chi connectivity index (χ0) is 17.6. The molecule has 0 saturated carbocycles. The summed E-state index contributed by atoms with van der Waals surface area (Å²) < 4.78 is 5.40. The molecule has 1 aromatic rings. The highest BCUT2D eigenvalue weighted by Crippen LogP contribution is 2.18. The second-order valence-electron chi connectivity index (χ2n) is 6.99. The predicted octanol–water partition coefficient (Wildman–Crippen LogP) is 1.81. The number of hydrogen-bond acceptors (Lipinski definition) is 4. The molecule has 136 valence electrons. The van der Waals surface area contributed by atoms with Gasteiger partial charge in [0.1, 0.15) is 6.10 Å². The van der Waals surface area contributed by atoms with E-state index in [1.807, 2.05) is 24.3 Å². The van der Waals surface area contributed by atoms with Gasteiger partial charge in [-0.1, -0.05) is 12.1 Å². The molecule has 3 rings (SSSR count). The minimum Gasteiger partial charge on any atom is -0.368 e. The van der Waals surface area contributed by atoms with Gasteiger partial charge in [-0.05, 0) is 56.8 Å². The predicted molar refractivity (Wildman–Crippen MR) is 96.1 cm³/mol. The smallest absolute Gasteiger partial charge is 0.253 e. The van der Waals surface area contributed by atoms with Crippen LogP contribution in [0.2, 0.25) is 0 Å². The van der Waals surface area contributed by atoms with Crippen LogP contribution in [0.25, 0.3) is 0 Å². The quantitative estimate of drug-likeness (QED) is 0.760. The molecule has 6 heteroatoms. The molecular formula is C19H27N3O3. The van der Waals surface area contributed by atoms with Crippen molar-refractivity contribution in [2.24, 2.45) is 5.92 Å². The fraction of sp³-hybridized carbons (Fsp3) is 0.579. The van der Waals surface area contributed by atoms with Crippen molar-refractivity contribution < 1.29 is 14.3 Å². The molecular weight excluding hydrogens is 318 g/mol. The molecule has 0 spiro atoms. The van der Waals surface area contributed by atoms with E-state index in [4.69, 9.17) is 4.74 Å². The molecule has 3 N–H and O–H groups in total. The van der Waals surface area contributed by atoms with Crippen LogP contribution in [0.15, 0.2) is 24.3 Å². The third-order valence-corrected chi connectivity index (χ3v) is 4.88. The fourth-order valence-corrected chi connectivity index (χ4v) is 3.47. The van der Waals surface area contributed by atoms with Crippen LogP contribution in [-0.2, 0) is 20.9 Å². The van der Waals surface area contributed by atoms with E-state index in [9.17, 15) is 9.59 Å². The van der Waals surface area contributed by atoms with Crippen molar-refractivity contribution in [3.05, 3.63) is 29.8 Å². The average molecular weight is 345 g/mol. The molecule has 0 radical (unpaired) electrons. The Bertz CT molecular complexity index is 614. The minimum absolute atomic E-state index is 0.0821. The Labute approximate surface area is 148 Å². The normalized spacial score (nSPS) is 26.2. The van der Waals surface area contributed by atoms with Gasteiger partial charge in [-0.25, -0.2) is 0 Å². The molecule has 0 aromatic heterocycles. The summed E-state index contributed by atoms with van der Waals surface area (Å²) in [7, 11) is 0. The van der Waals surface area contributed by atoms with Gasteiger partial charge in [-0.3, -0.25) is 9.59 Å². The highest BCUT2D eigenvalue weighted by Gasteiger charge is 2.25. The lowest BCUT2D eigenvalue weighted by Gasteiger charge is -2.27. The summed E-state index contributed by atoms with van der Waals surface area (Å²) in [4.78, 5) is 24.4. The van der Waals surface area contributed by atoms with Crippen LogP contribution >= 0.6 is 0 Å². The lowest BCUT2D eigenvalue weighted by molar-refractivity contribution is -0.126. The molecule has 2 saturated heterocycles. The van der Waals surface area contributed by atoms with Gasteiger partial charge < -0.3 is 20.7 Å². The van der Waals surface area contributed by atoms with E-state index < -0.39 is 0 Å². The van der Waals surface area contributed by atoms with E-state index >= 15 is 0 Å². The van der Waals surface area contributed by atoms with Crippen LogP contribution in [0.1, 0.15) is 38.2 Å². The van der Waals surface area contributed by atoms with E-state index in [1.54, 1.807) is 0 Å². The van der Waals surface area contributed by atoms with Crippen molar-refractivity contribution in [3.8, 4) is 0 Å².